The van der Waals surface area contributed by atoms with Crippen LogP contribution in [0, 0.1) is 12.1 Å². The second-order valence-electron chi connectivity index (χ2n) is 10.3. The summed E-state index contributed by atoms with van der Waals surface area (Å²) >= 11 is 0. The van der Waals surface area contributed by atoms with Gasteiger partial charge in [0.05, 0.1) is 28.6 Å². The van der Waals surface area contributed by atoms with Crippen molar-refractivity contribution in [3.05, 3.63) is 158 Å². The third kappa shape index (κ3) is 5.21. The number of fused-ring (bicyclic) bond motifs is 6. The normalized spacial score (nSPS) is 10.9. The first-order valence-electron chi connectivity index (χ1n) is 14.4. The minimum absolute atomic E-state index is 0. The van der Waals surface area contributed by atoms with Crippen molar-refractivity contribution in [2.24, 2.45) is 0 Å². The zero-order valence-electron chi connectivity index (χ0n) is 23.9. The van der Waals surface area contributed by atoms with Crippen molar-refractivity contribution in [2.45, 2.75) is 0 Å². The Morgan fingerprint density at radius 1 is 0.622 bits per heavy atom. The first-order chi connectivity index (χ1) is 21.8. The van der Waals surface area contributed by atoms with Crippen molar-refractivity contribution in [1.82, 2.24) is 19.5 Å². The molecule has 0 saturated carbocycles. The second kappa shape index (κ2) is 12.3. The summed E-state index contributed by atoms with van der Waals surface area (Å²) in [7, 11) is 0. The molecule has 217 valence electrons. The van der Waals surface area contributed by atoms with Gasteiger partial charge in [-0.15, -0.1) is 54.1 Å². The van der Waals surface area contributed by atoms with E-state index >= 15 is 0 Å². The van der Waals surface area contributed by atoms with Gasteiger partial charge in [0.15, 0.2) is 0 Å². The molecule has 0 atom stereocenters. The maximum atomic E-state index is 6.54. The Morgan fingerprint density at radius 3 is 2.29 bits per heavy atom. The summed E-state index contributed by atoms with van der Waals surface area (Å²) in [5.74, 6) is 0.785. The Kier molecular flexibility index (Phi) is 7.74. The monoisotopic (exact) mass is 757 g/mol. The molecule has 0 bridgehead atoms. The topological polar surface area (TPSA) is 56.7 Å². The molecule has 0 saturated heterocycles. The number of hydrogen-bond acceptors (Lipinski definition) is 4. The predicted molar refractivity (Wildman–Crippen MR) is 176 cm³/mol. The predicted octanol–water partition coefficient (Wildman–Crippen LogP) is 9.49. The molecular weight excluding hydrogens is 733 g/mol. The fraction of sp³-hybridized carbons (Fsp3) is 0. The van der Waals surface area contributed by atoms with Crippen LogP contribution in [-0.2, 0) is 20.1 Å². The molecule has 0 aliphatic heterocycles. The van der Waals surface area contributed by atoms with Gasteiger partial charge in [-0.05, 0) is 35.3 Å². The van der Waals surface area contributed by atoms with Crippen LogP contribution >= 0.6 is 0 Å². The van der Waals surface area contributed by atoms with E-state index in [1.54, 1.807) is 12.4 Å². The van der Waals surface area contributed by atoms with Gasteiger partial charge in [0.2, 0.25) is 0 Å². The largest absolute Gasteiger partial charge is 0.500 e. The molecule has 4 aromatic heterocycles. The molecule has 0 spiro atoms. The van der Waals surface area contributed by atoms with Crippen molar-refractivity contribution in [2.75, 3.05) is 0 Å². The molecular formula is C39H24IrN4O-2. The van der Waals surface area contributed by atoms with Crippen LogP contribution in [0.2, 0.25) is 0 Å². The van der Waals surface area contributed by atoms with Gasteiger partial charge in [-0.2, -0.15) is 0 Å². The minimum atomic E-state index is 0. The van der Waals surface area contributed by atoms with Gasteiger partial charge in [-0.1, -0.05) is 77.7 Å². The van der Waals surface area contributed by atoms with E-state index in [0.717, 1.165) is 72.1 Å². The second-order valence-corrected chi connectivity index (χ2v) is 10.3. The quantitative estimate of drug-likeness (QED) is 0.169. The van der Waals surface area contributed by atoms with Crippen LogP contribution in [0.1, 0.15) is 0 Å². The molecule has 0 aliphatic rings. The van der Waals surface area contributed by atoms with Crippen LogP contribution in [0.5, 0.6) is 0 Å². The van der Waals surface area contributed by atoms with Gasteiger partial charge in [-0.25, -0.2) is 0 Å². The summed E-state index contributed by atoms with van der Waals surface area (Å²) in [4.78, 5) is 13.5. The number of para-hydroxylation sites is 1. The summed E-state index contributed by atoms with van der Waals surface area (Å²) in [6.07, 6.45) is 5.41. The number of pyridine rings is 2. The molecule has 1 radical (unpaired) electrons. The fourth-order valence-corrected chi connectivity index (χ4v) is 5.64. The van der Waals surface area contributed by atoms with E-state index in [1.807, 2.05) is 91.1 Å². The van der Waals surface area contributed by atoms with Gasteiger partial charge in [0, 0.05) is 49.0 Å². The third-order valence-electron chi connectivity index (χ3n) is 7.67. The van der Waals surface area contributed by atoms with Gasteiger partial charge < -0.3 is 14.0 Å². The standard InChI is InChI=1S/C28H16N3O.C11H8N.Ir/c1-2-8-19(9-3-1)31-25-17-29-16-15-24(25)30-28(31)23-12-6-11-21-22-14-13-18-7-4-5-10-20(18)26(22)32-27(21)23;1-2-6-10(7-3-1)11-8-4-5-9-12-11;/h1-11,13-17H;1-6,8-9H;/q2*-1;. The number of furan rings is 1. The van der Waals surface area contributed by atoms with Crippen molar-refractivity contribution >= 4 is 43.7 Å². The van der Waals surface area contributed by atoms with E-state index in [4.69, 9.17) is 9.40 Å². The molecule has 0 aliphatic carbocycles. The molecule has 45 heavy (non-hydrogen) atoms. The average Bonchev–Trinajstić information content (AvgIpc) is 3.69. The molecule has 0 fully saturated rings. The van der Waals surface area contributed by atoms with Crippen LogP contribution in [0.4, 0.5) is 0 Å². The van der Waals surface area contributed by atoms with Crippen LogP contribution in [0.15, 0.2) is 150 Å². The van der Waals surface area contributed by atoms with E-state index in [0.29, 0.717) is 0 Å². The summed E-state index contributed by atoms with van der Waals surface area (Å²) in [6, 6.07) is 49.0. The molecule has 0 unspecified atom stereocenters. The molecule has 4 heterocycles. The van der Waals surface area contributed by atoms with E-state index < -0.39 is 0 Å². The Balaban J connectivity index is 0.000000211. The number of benzene rings is 5. The Bertz CT molecular complexity index is 2350. The first-order valence-corrected chi connectivity index (χ1v) is 14.4. The molecule has 0 amide bonds. The van der Waals surface area contributed by atoms with Crippen molar-refractivity contribution in [1.29, 1.82) is 0 Å². The summed E-state index contributed by atoms with van der Waals surface area (Å²) in [6.45, 7) is 0. The third-order valence-corrected chi connectivity index (χ3v) is 7.67. The van der Waals surface area contributed by atoms with Gasteiger partial charge in [0.1, 0.15) is 5.58 Å². The van der Waals surface area contributed by atoms with Crippen LogP contribution in [0.3, 0.4) is 0 Å². The number of rotatable bonds is 3. The van der Waals surface area contributed by atoms with Crippen LogP contribution in [0.25, 0.3) is 72.1 Å². The number of nitrogens with zero attached hydrogens (tertiary/aromatic N) is 4. The molecule has 0 N–H and O–H groups in total. The van der Waals surface area contributed by atoms with Crippen molar-refractivity contribution in [3.8, 4) is 28.3 Å². The van der Waals surface area contributed by atoms with Crippen LogP contribution in [-0.4, -0.2) is 19.5 Å². The maximum absolute atomic E-state index is 6.54. The van der Waals surface area contributed by atoms with Gasteiger partial charge in [-0.3, -0.25) is 9.97 Å². The van der Waals surface area contributed by atoms with E-state index in [9.17, 15) is 0 Å². The average molecular weight is 757 g/mol. The van der Waals surface area contributed by atoms with Gasteiger partial charge >= 0.3 is 0 Å². The number of imidazole rings is 1. The Labute approximate surface area is 273 Å². The van der Waals surface area contributed by atoms with E-state index in [2.05, 4.69) is 69.1 Å². The Hall–Kier alpha value is -5.42. The van der Waals surface area contributed by atoms with Crippen molar-refractivity contribution in [3.63, 3.8) is 0 Å². The summed E-state index contributed by atoms with van der Waals surface area (Å²) in [5.41, 5.74) is 7.37. The fourth-order valence-electron chi connectivity index (χ4n) is 5.64. The molecule has 9 aromatic rings. The maximum Gasteiger partial charge on any atom is 0.128 e. The molecule has 6 heteroatoms. The smallest absolute Gasteiger partial charge is 0.128 e. The SMILES string of the molecule is [Ir].[c-]1ccc2c(oc3c4ccccc4ccc23)c1-c1nc2ccncc2n1-c1ccccc1.[c-]1ccccc1-c1ccccn1. The van der Waals surface area contributed by atoms with Gasteiger partial charge in [0.25, 0.3) is 0 Å². The molecule has 9 rings (SSSR count). The van der Waals surface area contributed by atoms with Crippen molar-refractivity contribution < 1.29 is 24.5 Å². The minimum Gasteiger partial charge on any atom is -0.500 e. The van der Waals surface area contributed by atoms with Crippen LogP contribution < -0.4 is 0 Å². The number of aromatic nitrogens is 4. The first kappa shape index (κ1) is 28.4. The van der Waals surface area contributed by atoms with E-state index in [1.165, 1.54) is 0 Å². The zero-order valence-corrected chi connectivity index (χ0v) is 26.3. The molecule has 5 nitrogen and oxygen atoms in total. The zero-order chi connectivity index (χ0) is 29.3. The Morgan fingerprint density at radius 2 is 1.44 bits per heavy atom. The summed E-state index contributed by atoms with van der Waals surface area (Å²) in [5, 5.41) is 4.42. The van der Waals surface area contributed by atoms with E-state index in [-0.39, 0.29) is 20.1 Å². The molecule has 5 aromatic carbocycles. The summed E-state index contributed by atoms with van der Waals surface area (Å²) < 4.78 is 8.66. The number of hydrogen-bond donors (Lipinski definition) is 0.